The van der Waals surface area contributed by atoms with Gasteiger partial charge in [0.1, 0.15) is 17.3 Å². The Morgan fingerprint density at radius 1 is 1.33 bits per heavy atom. The molecule has 2 aromatic rings. The summed E-state index contributed by atoms with van der Waals surface area (Å²) in [4.78, 5) is 0. The Morgan fingerprint density at radius 2 is 2.06 bits per heavy atom. The van der Waals surface area contributed by atoms with E-state index in [1.807, 2.05) is 19.9 Å². The normalized spacial score (nSPS) is 12.7. The second-order valence-electron chi connectivity index (χ2n) is 4.41. The third-order valence-corrected chi connectivity index (χ3v) is 3.67. The second kappa shape index (κ2) is 5.24. The van der Waals surface area contributed by atoms with Gasteiger partial charge in [0, 0.05) is 16.1 Å². The fourth-order valence-electron chi connectivity index (χ4n) is 2.05. The minimum Gasteiger partial charge on any atom is -0.466 e. The van der Waals surface area contributed by atoms with E-state index < -0.39 is 0 Å². The van der Waals surface area contributed by atoms with Gasteiger partial charge in [-0.2, -0.15) is 0 Å². The van der Waals surface area contributed by atoms with E-state index in [1.54, 1.807) is 6.07 Å². The van der Waals surface area contributed by atoms with Gasteiger partial charge in [0.15, 0.2) is 0 Å². The van der Waals surface area contributed by atoms with Crippen LogP contribution in [0.1, 0.15) is 28.7 Å². The maximum atomic E-state index is 13.0. The van der Waals surface area contributed by atoms with Gasteiger partial charge in [0.25, 0.3) is 0 Å². The molecule has 0 radical (unpaired) electrons. The highest BCUT2D eigenvalue weighted by Crippen LogP contribution is 2.26. The second-order valence-corrected chi connectivity index (χ2v) is 5.27. The summed E-state index contributed by atoms with van der Waals surface area (Å²) in [6, 6.07) is 6.46. The molecule has 0 aliphatic rings. The summed E-state index contributed by atoms with van der Waals surface area (Å²) < 4.78 is 19.2. The predicted octanol–water partition coefficient (Wildman–Crippen LogP) is 4.04. The van der Waals surface area contributed by atoms with Crippen molar-refractivity contribution < 1.29 is 8.81 Å². The third kappa shape index (κ3) is 2.82. The van der Waals surface area contributed by atoms with Crippen molar-refractivity contribution in [2.45, 2.75) is 26.3 Å². The van der Waals surface area contributed by atoms with Gasteiger partial charge in [-0.05, 0) is 44.0 Å². The molecule has 1 aromatic carbocycles. The molecule has 2 rings (SSSR count). The SMILES string of the molecule is Cc1cc(C(N)Cc2ccc(F)cc2Br)c(C)o1. The van der Waals surface area contributed by atoms with Gasteiger partial charge in [0.2, 0.25) is 0 Å². The zero-order valence-electron chi connectivity index (χ0n) is 10.3. The first-order valence-corrected chi connectivity index (χ1v) is 6.53. The van der Waals surface area contributed by atoms with Crippen LogP contribution in [-0.2, 0) is 6.42 Å². The van der Waals surface area contributed by atoms with Crippen molar-refractivity contribution in [3.63, 3.8) is 0 Å². The molecule has 1 aromatic heterocycles. The summed E-state index contributed by atoms with van der Waals surface area (Å²) >= 11 is 3.35. The quantitative estimate of drug-likeness (QED) is 0.929. The predicted molar refractivity (Wildman–Crippen MR) is 72.9 cm³/mol. The van der Waals surface area contributed by atoms with Crippen LogP contribution >= 0.6 is 15.9 Å². The molecule has 0 bridgehead atoms. The average Bonchev–Trinajstić information content (AvgIpc) is 2.62. The standard InChI is InChI=1S/C14H15BrFNO/c1-8-5-12(9(2)18-8)14(17)6-10-3-4-11(16)7-13(10)15/h3-5,7,14H,6,17H2,1-2H3. The van der Waals surface area contributed by atoms with Gasteiger partial charge >= 0.3 is 0 Å². The van der Waals surface area contributed by atoms with Crippen molar-refractivity contribution in [3.8, 4) is 0 Å². The highest BCUT2D eigenvalue weighted by Gasteiger charge is 2.15. The van der Waals surface area contributed by atoms with Gasteiger partial charge in [-0.25, -0.2) is 4.39 Å². The Bertz CT molecular complexity index is 565. The molecule has 0 aliphatic heterocycles. The molecule has 18 heavy (non-hydrogen) atoms. The van der Waals surface area contributed by atoms with E-state index in [0.29, 0.717) is 6.42 Å². The van der Waals surface area contributed by atoms with Crippen molar-refractivity contribution in [2.75, 3.05) is 0 Å². The van der Waals surface area contributed by atoms with Crippen molar-refractivity contribution in [1.82, 2.24) is 0 Å². The lowest BCUT2D eigenvalue weighted by Crippen LogP contribution is -2.14. The highest BCUT2D eigenvalue weighted by molar-refractivity contribution is 9.10. The minimum atomic E-state index is -0.255. The molecule has 0 spiro atoms. The van der Waals surface area contributed by atoms with Gasteiger partial charge in [-0.3, -0.25) is 0 Å². The fraction of sp³-hybridized carbons (Fsp3) is 0.286. The number of hydrogen-bond acceptors (Lipinski definition) is 2. The first-order valence-electron chi connectivity index (χ1n) is 5.74. The first kappa shape index (κ1) is 13.3. The maximum Gasteiger partial charge on any atom is 0.124 e. The molecule has 0 saturated carbocycles. The van der Waals surface area contributed by atoms with Crippen LogP contribution in [0.5, 0.6) is 0 Å². The summed E-state index contributed by atoms with van der Waals surface area (Å²) in [5.74, 6) is 1.45. The van der Waals surface area contributed by atoms with E-state index in [4.69, 9.17) is 10.2 Å². The van der Waals surface area contributed by atoms with E-state index in [-0.39, 0.29) is 11.9 Å². The largest absolute Gasteiger partial charge is 0.466 e. The van der Waals surface area contributed by atoms with Crippen LogP contribution < -0.4 is 5.73 Å². The lowest BCUT2D eigenvalue weighted by Gasteiger charge is -2.12. The molecule has 0 saturated heterocycles. The Morgan fingerprint density at radius 3 is 2.61 bits per heavy atom. The third-order valence-electron chi connectivity index (χ3n) is 2.93. The molecule has 96 valence electrons. The number of nitrogens with two attached hydrogens (primary N) is 1. The summed E-state index contributed by atoms with van der Waals surface area (Å²) in [5, 5.41) is 0. The molecule has 2 N–H and O–H groups in total. The van der Waals surface area contributed by atoms with Crippen molar-refractivity contribution >= 4 is 15.9 Å². The summed E-state index contributed by atoms with van der Waals surface area (Å²) in [5.41, 5.74) is 8.17. The lowest BCUT2D eigenvalue weighted by atomic mass is 10.00. The lowest BCUT2D eigenvalue weighted by molar-refractivity contribution is 0.497. The highest BCUT2D eigenvalue weighted by atomic mass is 79.9. The number of halogens is 2. The van der Waals surface area contributed by atoms with E-state index in [9.17, 15) is 4.39 Å². The van der Waals surface area contributed by atoms with Gasteiger partial charge in [0.05, 0.1) is 0 Å². The monoisotopic (exact) mass is 311 g/mol. The van der Waals surface area contributed by atoms with Crippen LogP contribution in [0.4, 0.5) is 4.39 Å². The van der Waals surface area contributed by atoms with Crippen LogP contribution in [-0.4, -0.2) is 0 Å². The number of aryl methyl sites for hydroxylation is 2. The summed E-state index contributed by atoms with van der Waals surface area (Å²) in [6.07, 6.45) is 0.640. The van der Waals surface area contributed by atoms with Gasteiger partial charge in [-0.1, -0.05) is 22.0 Å². The zero-order valence-corrected chi connectivity index (χ0v) is 11.9. The Labute approximate surface area is 114 Å². The smallest absolute Gasteiger partial charge is 0.124 e. The molecule has 0 amide bonds. The Balaban J connectivity index is 2.21. The molecule has 4 heteroatoms. The molecule has 0 aliphatic carbocycles. The van der Waals surface area contributed by atoms with Crippen LogP contribution in [0.3, 0.4) is 0 Å². The minimum absolute atomic E-state index is 0.149. The Hall–Kier alpha value is -1.13. The number of furan rings is 1. The van der Waals surface area contributed by atoms with Crippen molar-refractivity contribution in [1.29, 1.82) is 0 Å². The van der Waals surface area contributed by atoms with Crippen LogP contribution in [0.2, 0.25) is 0 Å². The van der Waals surface area contributed by atoms with Crippen LogP contribution in [0.25, 0.3) is 0 Å². The van der Waals surface area contributed by atoms with E-state index >= 15 is 0 Å². The van der Waals surface area contributed by atoms with Gasteiger partial charge < -0.3 is 10.2 Å². The molecular formula is C14H15BrFNO. The van der Waals surface area contributed by atoms with Gasteiger partial charge in [-0.15, -0.1) is 0 Å². The molecule has 2 nitrogen and oxygen atoms in total. The summed E-state index contributed by atoms with van der Waals surface area (Å²) in [7, 11) is 0. The van der Waals surface area contributed by atoms with Crippen LogP contribution in [0.15, 0.2) is 33.2 Å². The molecule has 1 heterocycles. The maximum absolute atomic E-state index is 13.0. The van der Waals surface area contributed by atoms with Crippen molar-refractivity contribution in [3.05, 3.63) is 57.2 Å². The molecular weight excluding hydrogens is 297 g/mol. The van der Waals surface area contributed by atoms with E-state index in [0.717, 1.165) is 27.1 Å². The average molecular weight is 312 g/mol. The molecule has 1 atom stereocenters. The number of rotatable bonds is 3. The van der Waals surface area contributed by atoms with Crippen LogP contribution in [0, 0.1) is 19.7 Å². The molecule has 0 fully saturated rings. The van der Waals surface area contributed by atoms with Crippen molar-refractivity contribution in [2.24, 2.45) is 5.73 Å². The Kier molecular flexibility index (Phi) is 3.88. The fourth-order valence-corrected chi connectivity index (χ4v) is 2.57. The summed E-state index contributed by atoms with van der Waals surface area (Å²) in [6.45, 7) is 3.80. The first-order chi connectivity index (χ1) is 8.47. The van der Waals surface area contributed by atoms with E-state index in [2.05, 4.69) is 15.9 Å². The number of hydrogen-bond donors (Lipinski definition) is 1. The zero-order chi connectivity index (χ0) is 13.3. The topological polar surface area (TPSA) is 39.2 Å². The van der Waals surface area contributed by atoms with E-state index in [1.165, 1.54) is 12.1 Å². The number of benzene rings is 1. The molecule has 1 unspecified atom stereocenters.